The van der Waals surface area contributed by atoms with E-state index in [1.165, 1.54) is 0 Å². The van der Waals surface area contributed by atoms with Gasteiger partial charge in [-0.15, -0.1) is 0 Å². The van der Waals surface area contributed by atoms with Crippen LogP contribution in [0, 0.1) is 20.8 Å². The maximum absolute atomic E-state index is 12.9. The molecular formula is C22H26N6O. The summed E-state index contributed by atoms with van der Waals surface area (Å²) in [5.74, 6) is 1.06. The SMILES string of the molecule is Cc1cc(-c2cnn(C)c2)cc(C2CCN(C(=O)c3cnc(C)nc3C)CC2)n1. The average Bonchev–Trinajstić information content (AvgIpc) is 3.14. The van der Waals surface area contributed by atoms with Crippen LogP contribution in [0.15, 0.2) is 30.7 Å². The van der Waals surface area contributed by atoms with Gasteiger partial charge in [-0.3, -0.25) is 14.5 Å². The molecule has 7 heteroatoms. The zero-order valence-electron chi connectivity index (χ0n) is 17.4. The number of nitrogens with zero attached hydrogens (tertiary/aromatic N) is 6. The minimum Gasteiger partial charge on any atom is -0.338 e. The van der Waals surface area contributed by atoms with Gasteiger partial charge in [0.05, 0.1) is 17.5 Å². The van der Waals surface area contributed by atoms with Crippen molar-refractivity contribution in [2.75, 3.05) is 13.1 Å². The summed E-state index contributed by atoms with van der Waals surface area (Å²) in [6.07, 6.45) is 7.35. The molecule has 4 heterocycles. The molecule has 7 nitrogen and oxygen atoms in total. The lowest BCUT2D eigenvalue weighted by atomic mass is 9.91. The number of piperidine rings is 1. The van der Waals surface area contributed by atoms with Gasteiger partial charge in [0.15, 0.2) is 0 Å². The first-order chi connectivity index (χ1) is 13.9. The van der Waals surface area contributed by atoms with Crippen LogP contribution in [0.1, 0.15) is 52.0 Å². The lowest BCUT2D eigenvalue weighted by Gasteiger charge is -2.32. The van der Waals surface area contributed by atoms with Gasteiger partial charge < -0.3 is 4.90 Å². The molecule has 1 aliphatic rings. The highest BCUT2D eigenvalue weighted by atomic mass is 16.2. The highest BCUT2D eigenvalue weighted by Gasteiger charge is 2.27. The third-order valence-corrected chi connectivity index (χ3v) is 5.54. The number of hydrogen-bond acceptors (Lipinski definition) is 5. The van der Waals surface area contributed by atoms with Gasteiger partial charge in [-0.25, -0.2) is 9.97 Å². The summed E-state index contributed by atoms with van der Waals surface area (Å²) in [5.41, 5.74) is 5.69. The normalized spacial score (nSPS) is 15.0. The van der Waals surface area contributed by atoms with Crippen molar-refractivity contribution >= 4 is 5.91 Å². The van der Waals surface area contributed by atoms with E-state index in [1.54, 1.807) is 6.20 Å². The second-order valence-electron chi connectivity index (χ2n) is 7.81. The van der Waals surface area contributed by atoms with E-state index < -0.39 is 0 Å². The van der Waals surface area contributed by atoms with Crippen molar-refractivity contribution < 1.29 is 4.79 Å². The van der Waals surface area contributed by atoms with E-state index in [-0.39, 0.29) is 5.91 Å². The number of hydrogen-bond donors (Lipinski definition) is 0. The van der Waals surface area contributed by atoms with Crippen LogP contribution in [0.5, 0.6) is 0 Å². The quantitative estimate of drug-likeness (QED) is 0.686. The Kier molecular flexibility index (Phi) is 5.13. The van der Waals surface area contributed by atoms with E-state index in [0.717, 1.165) is 41.1 Å². The first-order valence-electron chi connectivity index (χ1n) is 9.98. The molecule has 1 saturated heterocycles. The standard InChI is InChI=1S/C22H26N6O/c1-14-9-18(19-11-24-27(4)13-19)10-21(25-14)17-5-7-28(8-6-17)22(29)20-12-23-16(3)26-15(20)2/h9-13,17H,5-8H2,1-4H3. The van der Waals surface area contributed by atoms with Crippen molar-refractivity contribution in [2.45, 2.75) is 39.5 Å². The molecule has 0 saturated carbocycles. The minimum absolute atomic E-state index is 0.0224. The molecule has 3 aromatic heterocycles. The van der Waals surface area contributed by atoms with Gasteiger partial charge in [0.2, 0.25) is 0 Å². The van der Waals surface area contributed by atoms with Gasteiger partial charge in [-0.05, 0) is 51.3 Å². The number of carbonyl (C=O) groups excluding carboxylic acids is 1. The lowest BCUT2D eigenvalue weighted by molar-refractivity contribution is 0.0710. The summed E-state index contributed by atoms with van der Waals surface area (Å²) >= 11 is 0. The number of likely N-dealkylation sites (tertiary alicyclic amines) is 1. The fraction of sp³-hybridized carbons (Fsp3) is 0.409. The molecule has 0 unspecified atom stereocenters. The fourth-order valence-corrected chi connectivity index (χ4v) is 3.98. The fourth-order valence-electron chi connectivity index (χ4n) is 3.98. The molecule has 1 fully saturated rings. The summed E-state index contributed by atoms with van der Waals surface area (Å²) in [5, 5.41) is 4.28. The van der Waals surface area contributed by atoms with E-state index in [1.807, 2.05) is 49.8 Å². The summed E-state index contributed by atoms with van der Waals surface area (Å²) in [6.45, 7) is 7.16. The van der Waals surface area contributed by atoms with E-state index in [9.17, 15) is 4.79 Å². The second kappa shape index (κ2) is 7.73. The van der Waals surface area contributed by atoms with Gasteiger partial charge in [-0.1, -0.05) is 0 Å². The van der Waals surface area contributed by atoms with Crippen molar-refractivity contribution in [3.05, 3.63) is 59.2 Å². The van der Waals surface area contributed by atoms with Gasteiger partial charge in [0, 0.05) is 55.4 Å². The predicted octanol–water partition coefficient (Wildman–Crippen LogP) is 3.22. The van der Waals surface area contributed by atoms with Crippen LogP contribution in [0.25, 0.3) is 11.1 Å². The zero-order chi connectivity index (χ0) is 20.5. The molecule has 29 heavy (non-hydrogen) atoms. The van der Waals surface area contributed by atoms with Crippen molar-refractivity contribution in [1.29, 1.82) is 0 Å². The number of aryl methyl sites for hydroxylation is 4. The number of amides is 1. The van der Waals surface area contributed by atoms with Crippen LogP contribution in [0.2, 0.25) is 0 Å². The first kappa shape index (κ1) is 19.2. The maximum Gasteiger partial charge on any atom is 0.257 e. The Morgan fingerprint density at radius 3 is 2.45 bits per heavy atom. The van der Waals surface area contributed by atoms with Crippen molar-refractivity contribution in [2.24, 2.45) is 7.05 Å². The van der Waals surface area contributed by atoms with Gasteiger partial charge in [-0.2, -0.15) is 5.10 Å². The number of pyridine rings is 1. The Morgan fingerprint density at radius 2 is 1.79 bits per heavy atom. The van der Waals surface area contributed by atoms with Crippen LogP contribution in [-0.2, 0) is 7.05 Å². The summed E-state index contributed by atoms with van der Waals surface area (Å²) in [6, 6.07) is 4.27. The number of rotatable bonds is 3. The van der Waals surface area contributed by atoms with Crippen LogP contribution < -0.4 is 0 Å². The third-order valence-electron chi connectivity index (χ3n) is 5.54. The van der Waals surface area contributed by atoms with Gasteiger partial charge >= 0.3 is 0 Å². The molecule has 0 radical (unpaired) electrons. The topological polar surface area (TPSA) is 76.8 Å². The van der Waals surface area contributed by atoms with Crippen LogP contribution in [-0.4, -0.2) is 48.6 Å². The third kappa shape index (κ3) is 4.04. The van der Waals surface area contributed by atoms with Crippen molar-refractivity contribution in [3.8, 4) is 11.1 Å². The molecule has 4 rings (SSSR count). The van der Waals surface area contributed by atoms with Crippen molar-refractivity contribution in [3.63, 3.8) is 0 Å². The van der Waals surface area contributed by atoms with Crippen LogP contribution in [0.4, 0.5) is 0 Å². The van der Waals surface area contributed by atoms with Crippen molar-refractivity contribution in [1.82, 2.24) is 29.6 Å². The molecule has 0 spiro atoms. The minimum atomic E-state index is 0.0224. The summed E-state index contributed by atoms with van der Waals surface area (Å²) in [4.78, 5) is 28.1. The second-order valence-corrected chi connectivity index (χ2v) is 7.81. The van der Waals surface area contributed by atoms with E-state index in [4.69, 9.17) is 4.98 Å². The monoisotopic (exact) mass is 390 g/mol. The largest absolute Gasteiger partial charge is 0.338 e. The Hall–Kier alpha value is -3.09. The van der Waals surface area contributed by atoms with E-state index in [0.29, 0.717) is 30.4 Å². The zero-order valence-corrected chi connectivity index (χ0v) is 17.4. The van der Waals surface area contributed by atoms with E-state index >= 15 is 0 Å². The molecule has 0 aromatic carbocycles. The molecule has 0 N–H and O–H groups in total. The molecule has 1 amide bonds. The molecule has 1 aliphatic heterocycles. The molecule has 150 valence electrons. The molecule has 0 atom stereocenters. The number of carbonyl (C=O) groups is 1. The Bertz CT molecular complexity index is 1050. The molecule has 0 aliphatic carbocycles. The Balaban J connectivity index is 1.48. The summed E-state index contributed by atoms with van der Waals surface area (Å²) in [7, 11) is 1.92. The lowest BCUT2D eigenvalue weighted by Crippen LogP contribution is -2.38. The Labute approximate surface area is 170 Å². The van der Waals surface area contributed by atoms with Gasteiger partial charge in [0.25, 0.3) is 5.91 Å². The smallest absolute Gasteiger partial charge is 0.257 e. The van der Waals surface area contributed by atoms with E-state index in [2.05, 4.69) is 27.2 Å². The predicted molar refractivity (Wildman–Crippen MR) is 111 cm³/mol. The average molecular weight is 390 g/mol. The highest BCUT2D eigenvalue weighted by Crippen LogP contribution is 2.31. The summed E-state index contributed by atoms with van der Waals surface area (Å²) < 4.78 is 1.81. The highest BCUT2D eigenvalue weighted by molar-refractivity contribution is 5.95. The maximum atomic E-state index is 12.9. The molecule has 3 aromatic rings. The Morgan fingerprint density at radius 1 is 1.03 bits per heavy atom. The number of aromatic nitrogens is 5. The molecular weight excluding hydrogens is 364 g/mol. The van der Waals surface area contributed by atoms with Crippen LogP contribution in [0.3, 0.4) is 0 Å². The van der Waals surface area contributed by atoms with Crippen LogP contribution >= 0.6 is 0 Å². The molecule has 0 bridgehead atoms. The first-order valence-corrected chi connectivity index (χ1v) is 9.98. The van der Waals surface area contributed by atoms with Gasteiger partial charge in [0.1, 0.15) is 5.82 Å².